The fourth-order valence-corrected chi connectivity index (χ4v) is 2.10. The largest absolute Gasteiger partial charge is 0.468 e. The van der Waals surface area contributed by atoms with E-state index in [9.17, 15) is 9.59 Å². The maximum absolute atomic E-state index is 12.6. The van der Waals surface area contributed by atoms with E-state index in [2.05, 4.69) is 4.74 Å². The van der Waals surface area contributed by atoms with Gasteiger partial charge in [-0.3, -0.25) is 9.59 Å². The Hall–Kier alpha value is -1.88. The van der Waals surface area contributed by atoms with Crippen LogP contribution in [0.2, 0.25) is 0 Å². The number of nitrogens with two attached hydrogens (primary N) is 1. The van der Waals surface area contributed by atoms with Crippen molar-refractivity contribution in [2.75, 3.05) is 13.7 Å². The van der Waals surface area contributed by atoms with Crippen LogP contribution in [0.5, 0.6) is 0 Å². The number of carbonyl (C=O) groups excluding carboxylic acids is 2. The summed E-state index contributed by atoms with van der Waals surface area (Å²) >= 11 is 0. The monoisotopic (exact) mass is 292 g/mol. The normalized spacial score (nSPS) is 13.6. The molecule has 0 aliphatic heterocycles. The van der Waals surface area contributed by atoms with Gasteiger partial charge in [0.25, 0.3) is 0 Å². The van der Waals surface area contributed by atoms with Gasteiger partial charge in [-0.1, -0.05) is 37.3 Å². The summed E-state index contributed by atoms with van der Waals surface area (Å²) < 4.78 is 4.64. The molecule has 0 saturated carbocycles. The van der Waals surface area contributed by atoms with Crippen LogP contribution in [0.3, 0.4) is 0 Å². The molecule has 0 radical (unpaired) electrons. The van der Waals surface area contributed by atoms with Crippen LogP contribution in [0.15, 0.2) is 30.3 Å². The Kier molecular flexibility index (Phi) is 6.37. The Balaban J connectivity index is 2.85. The lowest BCUT2D eigenvalue weighted by Crippen LogP contribution is -2.45. The Morgan fingerprint density at radius 1 is 1.19 bits per heavy atom. The average Bonchev–Trinajstić information content (AvgIpc) is 2.50. The number of hydrogen-bond donors (Lipinski definition) is 1. The summed E-state index contributed by atoms with van der Waals surface area (Å²) in [6.45, 7) is 5.45. The lowest BCUT2D eigenvalue weighted by Gasteiger charge is -2.30. The summed E-state index contributed by atoms with van der Waals surface area (Å²) in [6.07, 6.45) is 0. The van der Waals surface area contributed by atoms with E-state index in [1.807, 2.05) is 44.2 Å². The Bertz CT molecular complexity index is 474. The van der Waals surface area contributed by atoms with Crippen molar-refractivity contribution in [2.24, 2.45) is 11.7 Å². The summed E-state index contributed by atoms with van der Waals surface area (Å²) in [5, 5.41) is 0. The second kappa shape index (κ2) is 7.78. The standard InChI is InChI=1S/C16H24N2O3/c1-11(2)18(10-14(19)21-4)16(20)12(3)15(17)13-8-6-5-7-9-13/h5-9,11-12,15H,10,17H2,1-4H3. The Morgan fingerprint density at radius 3 is 2.24 bits per heavy atom. The minimum Gasteiger partial charge on any atom is -0.468 e. The molecule has 5 nitrogen and oxygen atoms in total. The molecule has 5 heteroatoms. The van der Waals surface area contributed by atoms with Gasteiger partial charge < -0.3 is 15.4 Å². The van der Waals surface area contributed by atoms with Crippen molar-refractivity contribution in [1.29, 1.82) is 0 Å². The Morgan fingerprint density at radius 2 is 1.76 bits per heavy atom. The summed E-state index contributed by atoms with van der Waals surface area (Å²) in [4.78, 5) is 25.5. The molecule has 116 valence electrons. The number of methoxy groups -OCH3 is 1. The fraction of sp³-hybridized carbons (Fsp3) is 0.500. The summed E-state index contributed by atoms with van der Waals surface area (Å²) in [5.41, 5.74) is 7.08. The van der Waals surface area contributed by atoms with Crippen LogP contribution < -0.4 is 5.73 Å². The molecule has 1 rings (SSSR count). The van der Waals surface area contributed by atoms with E-state index in [4.69, 9.17) is 5.73 Å². The maximum Gasteiger partial charge on any atom is 0.325 e. The van der Waals surface area contributed by atoms with Crippen molar-refractivity contribution < 1.29 is 14.3 Å². The summed E-state index contributed by atoms with van der Waals surface area (Å²) in [5.74, 6) is -0.997. The molecule has 1 amide bonds. The molecule has 0 saturated heterocycles. The van der Waals surface area contributed by atoms with Gasteiger partial charge in [0, 0.05) is 12.1 Å². The quantitative estimate of drug-likeness (QED) is 0.810. The van der Waals surface area contributed by atoms with Gasteiger partial charge in [-0.25, -0.2) is 0 Å². The first-order valence-corrected chi connectivity index (χ1v) is 7.06. The van der Waals surface area contributed by atoms with E-state index in [0.29, 0.717) is 0 Å². The highest BCUT2D eigenvalue weighted by atomic mass is 16.5. The van der Waals surface area contributed by atoms with Crippen LogP contribution in [-0.4, -0.2) is 36.5 Å². The predicted octanol–water partition coefficient (Wildman–Crippen LogP) is 1.73. The van der Waals surface area contributed by atoms with Gasteiger partial charge in [0.1, 0.15) is 6.54 Å². The SMILES string of the molecule is COC(=O)CN(C(=O)C(C)C(N)c1ccccc1)C(C)C. The van der Waals surface area contributed by atoms with Crippen molar-refractivity contribution in [2.45, 2.75) is 32.9 Å². The lowest BCUT2D eigenvalue weighted by atomic mass is 9.94. The van der Waals surface area contributed by atoms with Crippen molar-refractivity contribution in [3.63, 3.8) is 0 Å². The molecule has 0 bridgehead atoms. The van der Waals surface area contributed by atoms with Gasteiger partial charge in [0.2, 0.25) is 5.91 Å². The van der Waals surface area contributed by atoms with Crippen molar-refractivity contribution >= 4 is 11.9 Å². The van der Waals surface area contributed by atoms with Crippen LogP contribution in [0.1, 0.15) is 32.4 Å². The van der Waals surface area contributed by atoms with E-state index >= 15 is 0 Å². The van der Waals surface area contributed by atoms with E-state index in [1.54, 1.807) is 6.92 Å². The Labute approximate surface area is 126 Å². The third kappa shape index (κ3) is 4.56. The van der Waals surface area contributed by atoms with E-state index < -0.39 is 17.9 Å². The highest BCUT2D eigenvalue weighted by Crippen LogP contribution is 2.21. The highest BCUT2D eigenvalue weighted by Gasteiger charge is 2.29. The third-order valence-electron chi connectivity index (χ3n) is 3.55. The molecule has 0 aliphatic rings. The van der Waals surface area contributed by atoms with Crippen LogP contribution in [0, 0.1) is 5.92 Å². The van der Waals surface area contributed by atoms with Crippen LogP contribution in [0.25, 0.3) is 0 Å². The van der Waals surface area contributed by atoms with Gasteiger partial charge in [0.15, 0.2) is 0 Å². The molecule has 0 aromatic heterocycles. The molecule has 0 heterocycles. The average molecular weight is 292 g/mol. The minimum atomic E-state index is -0.433. The highest BCUT2D eigenvalue weighted by molar-refractivity contribution is 5.84. The number of amides is 1. The molecular weight excluding hydrogens is 268 g/mol. The zero-order chi connectivity index (χ0) is 16.0. The number of hydrogen-bond acceptors (Lipinski definition) is 4. The maximum atomic E-state index is 12.6. The third-order valence-corrected chi connectivity index (χ3v) is 3.55. The molecule has 0 aliphatic carbocycles. The van der Waals surface area contributed by atoms with Crippen LogP contribution >= 0.6 is 0 Å². The topological polar surface area (TPSA) is 72.6 Å². The molecule has 1 aromatic rings. The zero-order valence-electron chi connectivity index (χ0n) is 13.1. The fourth-order valence-electron chi connectivity index (χ4n) is 2.10. The number of rotatable bonds is 6. The van der Waals surface area contributed by atoms with Gasteiger partial charge in [-0.15, -0.1) is 0 Å². The van der Waals surface area contributed by atoms with E-state index in [1.165, 1.54) is 12.0 Å². The molecule has 2 N–H and O–H groups in total. The molecular formula is C16H24N2O3. The predicted molar refractivity (Wildman–Crippen MR) is 81.4 cm³/mol. The second-order valence-electron chi connectivity index (χ2n) is 5.36. The molecule has 1 aromatic carbocycles. The number of carbonyl (C=O) groups is 2. The van der Waals surface area contributed by atoms with Gasteiger partial charge in [0.05, 0.1) is 13.0 Å². The lowest BCUT2D eigenvalue weighted by molar-refractivity contribution is -0.150. The second-order valence-corrected chi connectivity index (χ2v) is 5.36. The summed E-state index contributed by atoms with van der Waals surface area (Å²) in [6, 6.07) is 8.98. The molecule has 21 heavy (non-hydrogen) atoms. The molecule has 0 fully saturated rings. The van der Waals surface area contributed by atoms with Crippen molar-refractivity contribution in [3.05, 3.63) is 35.9 Å². The van der Waals surface area contributed by atoms with E-state index in [0.717, 1.165) is 5.56 Å². The van der Waals surface area contributed by atoms with Crippen LogP contribution in [-0.2, 0) is 14.3 Å². The zero-order valence-corrected chi connectivity index (χ0v) is 13.1. The number of benzene rings is 1. The first-order valence-electron chi connectivity index (χ1n) is 7.06. The molecule has 0 spiro atoms. The first-order chi connectivity index (χ1) is 9.88. The van der Waals surface area contributed by atoms with Crippen LogP contribution in [0.4, 0.5) is 0 Å². The van der Waals surface area contributed by atoms with Crippen molar-refractivity contribution in [1.82, 2.24) is 4.90 Å². The molecule has 2 unspecified atom stereocenters. The molecule has 2 atom stereocenters. The summed E-state index contributed by atoms with van der Waals surface area (Å²) in [7, 11) is 1.31. The van der Waals surface area contributed by atoms with E-state index in [-0.39, 0.29) is 18.5 Å². The van der Waals surface area contributed by atoms with Gasteiger partial charge in [-0.05, 0) is 19.4 Å². The van der Waals surface area contributed by atoms with Gasteiger partial charge >= 0.3 is 5.97 Å². The number of nitrogens with zero attached hydrogens (tertiary/aromatic N) is 1. The van der Waals surface area contributed by atoms with Crippen molar-refractivity contribution in [3.8, 4) is 0 Å². The number of ether oxygens (including phenoxy) is 1. The van der Waals surface area contributed by atoms with Gasteiger partial charge in [-0.2, -0.15) is 0 Å². The minimum absolute atomic E-state index is 0.0567. The number of esters is 1. The first kappa shape index (κ1) is 17.2. The smallest absolute Gasteiger partial charge is 0.325 e.